The van der Waals surface area contributed by atoms with Crippen LogP contribution < -0.4 is 15.8 Å². The maximum Gasteiger partial charge on any atom is 0.325 e. The van der Waals surface area contributed by atoms with E-state index < -0.39 is 11.9 Å². The Bertz CT molecular complexity index is 810. The molecule has 1 atom stereocenters. The molecule has 28 heavy (non-hydrogen) atoms. The Hall–Kier alpha value is -2.64. The number of aromatic nitrogens is 1. The van der Waals surface area contributed by atoms with E-state index in [-0.39, 0.29) is 40.9 Å². The van der Waals surface area contributed by atoms with Crippen molar-refractivity contribution in [2.45, 2.75) is 64.1 Å². The molecule has 1 spiro atoms. The zero-order chi connectivity index (χ0) is 20.1. The number of hydrogen-bond donors (Lipinski definition) is 2. The fourth-order valence-electron chi connectivity index (χ4n) is 4.80. The normalized spacial score (nSPS) is 31.5. The number of amides is 4. The molecule has 1 aromatic heterocycles. The number of ether oxygens (including phenoxy) is 1. The SMILES string of the molecule is CC(C)C[C@@H]1NC(=O)N(C2CC3(CC(Oc4ncccc4C(N)=O)C3)C2)C1=O. The van der Waals surface area contributed by atoms with Gasteiger partial charge in [0.15, 0.2) is 0 Å². The Balaban J connectivity index is 1.31. The Morgan fingerprint density at radius 2 is 2.07 bits per heavy atom. The van der Waals surface area contributed by atoms with Gasteiger partial charge in [-0.25, -0.2) is 9.78 Å². The first-order valence-corrected chi connectivity index (χ1v) is 9.83. The van der Waals surface area contributed by atoms with Gasteiger partial charge in [0.25, 0.3) is 11.8 Å². The van der Waals surface area contributed by atoms with Crippen LogP contribution >= 0.6 is 0 Å². The largest absolute Gasteiger partial charge is 0.474 e. The highest BCUT2D eigenvalue weighted by atomic mass is 16.5. The molecular formula is C20H26N4O4. The van der Waals surface area contributed by atoms with Gasteiger partial charge in [0.2, 0.25) is 5.88 Å². The van der Waals surface area contributed by atoms with Gasteiger partial charge in [0.1, 0.15) is 17.7 Å². The lowest BCUT2D eigenvalue weighted by Crippen LogP contribution is -2.60. The second-order valence-corrected chi connectivity index (χ2v) is 8.77. The standard InChI is InChI=1S/C20H26N4O4/c1-11(2)6-15-18(26)24(19(27)23-15)12-7-20(8-12)9-13(10-20)28-17-14(16(21)25)4-3-5-22-17/h3-5,11-13,15H,6-10H2,1-2H3,(H2,21,25)(H,23,27)/t12?,13?,15-,20?/m0/s1. The molecule has 4 rings (SSSR count). The summed E-state index contributed by atoms with van der Waals surface area (Å²) in [6.45, 7) is 4.08. The van der Waals surface area contributed by atoms with Crippen LogP contribution in [0.5, 0.6) is 5.88 Å². The molecule has 2 saturated carbocycles. The predicted octanol–water partition coefficient (Wildman–Crippen LogP) is 1.84. The van der Waals surface area contributed by atoms with E-state index in [1.165, 1.54) is 4.90 Å². The molecule has 4 amide bonds. The van der Waals surface area contributed by atoms with Crippen LogP contribution in [-0.4, -0.2) is 45.9 Å². The average molecular weight is 386 g/mol. The van der Waals surface area contributed by atoms with E-state index in [1.807, 2.05) is 13.8 Å². The summed E-state index contributed by atoms with van der Waals surface area (Å²) >= 11 is 0. The van der Waals surface area contributed by atoms with Crippen LogP contribution in [0.1, 0.15) is 56.3 Å². The molecule has 3 aliphatic rings. The van der Waals surface area contributed by atoms with Gasteiger partial charge in [-0.15, -0.1) is 0 Å². The van der Waals surface area contributed by atoms with E-state index in [0.717, 1.165) is 25.7 Å². The van der Waals surface area contributed by atoms with E-state index in [9.17, 15) is 14.4 Å². The molecule has 1 aliphatic heterocycles. The summed E-state index contributed by atoms with van der Waals surface area (Å²) in [7, 11) is 0. The molecule has 2 heterocycles. The van der Waals surface area contributed by atoms with Crippen molar-refractivity contribution in [1.29, 1.82) is 0 Å². The number of urea groups is 1. The van der Waals surface area contributed by atoms with Crippen molar-refractivity contribution in [1.82, 2.24) is 15.2 Å². The number of nitrogens with two attached hydrogens (primary N) is 1. The van der Waals surface area contributed by atoms with E-state index in [2.05, 4.69) is 10.3 Å². The van der Waals surface area contributed by atoms with Gasteiger partial charge in [-0.2, -0.15) is 0 Å². The van der Waals surface area contributed by atoms with Crippen molar-refractivity contribution in [3.8, 4) is 5.88 Å². The maximum atomic E-state index is 12.6. The van der Waals surface area contributed by atoms with Crippen LogP contribution in [0.15, 0.2) is 18.3 Å². The maximum absolute atomic E-state index is 12.6. The number of carbonyl (C=O) groups is 3. The molecule has 0 radical (unpaired) electrons. The van der Waals surface area contributed by atoms with Crippen molar-refractivity contribution in [3.63, 3.8) is 0 Å². The van der Waals surface area contributed by atoms with Crippen molar-refractivity contribution >= 4 is 17.8 Å². The second-order valence-electron chi connectivity index (χ2n) is 8.77. The van der Waals surface area contributed by atoms with Crippen molar-refractivity contribution in [2.75, 3.05) is 0 Å². The van der Waals surface area contributed by atoms with Crippen molar-refractivity contribution < 1.29 is 19.1 Å². The number of rotatable bonds is 6. The lowest BCUT2D eigenvalue weighted by atomic mass is 9.52. The van der Waals surface area contributed by atoms with E-state index in [1.54, 1.807) is 18.3 Å². The highest BCUT2D eigenvalue weighted by Crippen LogP contribution is 2.58. The molecule has 1 saturated heterocycles. The van der Waals surface area contributed by atoms with Crippen molar-refractivity contribution in [3.05, 3.63) is 23.9 Å². The highest BCUT2D eigenvalue weighted by Gasteiger charge is 2.58. The minimum Gasteiger partial charge on any atom is -0.474 e. The first kappa shape index (κ1) is 18.7. The molecule has 3 N–H and O–H groups in total. The van der Waals surface area contributed by atoms with E-state index in [0.29, 0.717) is 12.3 Å². The average Bonchev–Trinajstić information content (AvgIpc) is 2.82. The second kappa shape index (κ2) is 6.76. The molecule has 150 valence electrons. The summed E-state index contributed by atoms with van der Waals surface area (Å²) in [6.07, 6.45) is 5.50. The monoisotopic (exact) mass is 386 g/mol. The minimum atomic E-state index is -0.560. The number of imide groups is 1. The Kier molecular flexibility index (Phi) is 4.51. The highest BCUT2D eigenvalue weighted by molar-refractivity contribution is 6.04. The van der Waals surface area contributed by atoms with Gasteiger partial charge in [0, 0.05) is 12.2 Å². The third kappa shape index (κ3) is 3.21. The fraction of sp³-hybridized carbons (Fsp3) is 0.600. The molecule has 3 fully saturated rings. The predicted molar refractivity (Wildman–Crippen MR) is 100 cm³/mol. The number of pyridine rings is 1. The zero-order valence-electron chi connectivity index (χ0n) is 16.2. The summed E-state index contributed by atoms with van der Waals surface area (Å²) in [5, 5.41) is 2.82. The Labute approximate surface area is 163 Å². The van der Waals surface area contributed by atoms with Crippen LogP contribution in [0.2, 0.25) is 0 Å². The number of hydrogen-bond acceptors (Lipinski definition) is 5. The van der Waals surface area contributed by atoms with Crippen LogP contribution in [0.3, 0.4) is 0 Å². The van der Waals surface area contributed by atoms with Crippen LogP contribution in [0, 0.1) is 11.3 Å². The summed E-state index contributed by atoms with van der Waals surface area (Å²) in [4.78, 5) is 41.8. The van der Waals surface area contributed by atoms with Crippen LogP contribution in [0.4, 0.5) is 4.79 Å². The third-order valence-corrected chi connectivity index (χ3v) is 6.10. The summed E-state index contributed by atoms with van der Waals surface area (Å²) in [5.74, 6) is -0.0275. The number of nitrogens with one attached hydrogen (secondary N) is 1. The molecule has 0 bridgehead atoms. The van der Waals surface area contributed by atoms with Crippen LogP contribution in [-0.2, 0) is 4.79 Å². The number of carbonyl (C=O) groups excluding carboxylic acids is 3. The molecule has 2 aliphatic carbocycles. The molecule has 1 aromatic rings. The minimum absolute atomic E-state index is 0.0225. The number of nitrogens with zero attached hydrogens (tertiary/aromatic N) is 2. The Morgan fingerprint density at radius 3 is 2.71 bits per heavy atom. The third-order valence-electron chi connectivity index (χ3n) is 6.10. The van der Waals surface area contributed by atoms with Gasteiger partial charge >= 0.3 is 6.03 Å². The molecule has 0 unspecified atom stereocenters. The van der Waals surface area contributed by atoms with Crippen molar-refractivity contribution in [2.24, 2.45) is 17.1 Å². The van der Waals surface area contributed by atoms with Gasteiger partial charge < -0.3 is 15.8 Å². The van der Waals surface area contributed by atoms with Gasteiger partial charge in [-0.05, 0) is 55.6 Å². The van der Waals surface area contributed by atoms with E-state index in [4.69, 9.17) is 10.5 Å². The zero-order valence-corrected chi connectivity index (χ0v) is 16.2. The molecule has 8 heteroatoms. The summed E-state index contributed by atoms with van der Waals surface area (Å²) < 4.78 is 5.87. The smallest absolute Gasteiger partial charge is 0.325 e. The topological polar surface area (TPSA) is 115 Å². The van der Waals surface area contributed by atoms with Crippen LogP contribution in [0.25, 0.3) is 0 Å². The molecule has 0 aromatic carbocycles. The Morgan fingerprint density at radius 1 is 1.36 bits per heavy atom. The van der Waals surface area contributed by atoms with E-state index >= 15 is 0 Å². The van der Waals surface area contributed by atoms with Gasteiger partial charge in [-0.3, -0.25) is 14.5 Å². The number of primary amides is 1. The quantitative estimate of drug-likeness (QED) is 0.724. The first-order valence-electron chi connectivity index (χ1n) is 9.83. The first-order chi connectivity index (χ1) is 13.3. The van der Waals surface area contributed by atoms with Gasteiger partial charge in [0.05, 0.1) is 0 Å². The summed E-state index contributed by atoms with van der Waals surface area (Å²) in [5.41, 5.74) is 5.76. The fourth-order valence-corrected chi connectivity index (χ4v) is 4.80. The lowest BCUT2D eigenvalue weighted by Gasteiger charge is -2.58. The summed E-state index contributed by atoms with van der Waals surface area (Å²) in [6, 6.07) is 2.57. The molecular weight excluding hydrogens is 360 g/mol. The van der Waals surface area contributed by atoms with Gasteiger partial charge in [-0.1, -0.05) is 13.8 Å². The lowest BCUT2D eigenvalue weighted by molar-refractivity contribution is -0.141. The molecule has 8 nitrogen and oxygen atoms in total.